The number of guanidine groups is 1. The Bertz CT molecular complexity index is 1750. The number of anilines is 2. The molecule has 4 aromatic rings. The zero-order chi connectivity index (χ0) is 32.7. The molecular formula is C34H39N7O4. The van der Waals surface area contributed by atoms with Crippen LogP contribution in [-0.4, -0.2) is 54.3 Å². The molecule has 0 saturated carbocycles. The van der Waals surface area contributed by atoms with Gasteiger partial charge in [0.15, 0.2) is 5.96 Å². The Kier molecular flexibility index (Phi) is 10.4. The fraction of sp³-hybridized carbons (Fsp3) is 0.265. The summed E-state index contributed by atoms with van der Waals surface area (Å²) in [6, 6.07) is 23.1. The first-order valence-corrected chi connectivity index (χ1v) is 14.7. The average Bonchev–Trinajstić information content (AvgIpc) is 3.01. The monoisotopic (exact) mass is 609 g/mol. The number of benzene rings is 4. The van der Waals surface area contributed by atoms with Crippen molar-refractivity contribution in [3.05, 3.63) is 84.9 Å². The molecule has 0 aliphatic heterocycles. The molecule has 3 atom stereocenters. The summed E-state index contributed by atoms with van der Waals surface area (Å²) in [5.41, 5.74) is 17.6. The summed E-state index contributed by atoms with van der Waals surface area (Å²) in [6.45, 7) is 4.73. The Labute approximate surface area is 262 Å². The molecule has 0 heterocycles. The van der Waals surface area contributed by atoms with Crippen molar-refractivity contribution < 1.29 is 19.2 Å². The van der Waals surface area contributed by atoms with E-state index in [0.29, 0.717) is 17.8 Å². The van der Waals surface area contributed by atoms with Gasteiger partial charge in [-0.15, -0.1) is 0 Å². The number of hydrogen-bond acceptors (Lipinski definition) is 5. The molecule has 0 saturated heterocycles. The van der Waals surface area contributed by atoms with E-state index in [9.17, 15) is 19.2 Å². The number of carbonyl (C=O) groups excluding carboxylic acids is 4. The van der Waals surface area contributed by atoms with E-state index in [1.165, 1.54) is 23.6 Å². The molecule has 0 aliphatic rings. The van der Waals surface area contributed by atoms with Crippen molar-refractivity contribution in [1.82, 2.24) is 5.32 Å². The number of hydrogen-bond donors (Lipinski definition) is 4. The summed E-state index contributed by atoms with van der Waals surface area (Å²) in [5.74, 6) is -2.24. The van der Waals surface area contributed by atoms with Crippen LogP contribution < -0.4 is 32.3 Å². The molecule has 0 bridgehead atoms. The lowest BCUT2D eigenvalue weighted by molar-refractivity contribution is -0.130. The molecule has 0 aromatic heterocycles. The normalized spacial score (nSPS) is 13.0. The maximum Gasteiger partial charge on any atom is 0.250 e. The molecule has 4 amide bonds. The molecule has 11 heteroatoms. The van der Waals surface area contributed by atoms with Gasteiger partial charge in [-0.25, -0.2) is 0 Å². The van der Waals surface area contributed by atoms with Gasteiger partial charge < -0.3 is 27.4 Å². The zero-order valence-electron chi connectivity index (χ0n) is 25.6. The molecule has 0 aliphatic carbocycles. The molecule has 11 nitrogen and oxygen atoms in total. The maximum atomic E-state index is 14.3. The molecule has 234 valence electrons. The zero-order valence-corrected chi connectivity index (χ0v) is 25.6. The van der Waals surface area contributed by atoms with Crippen LogP contribution in [0.1, 0.15) is 33.6 Å². The van der Waals surface area contributed by atoms with Crippen molar-refractivity contribution in [3.63, 3.8) is 0 Å². The standard InChI is InChI=1S/C34H39N7O4/c1-21(31(35)43)41(29-17-15-25-10-5-7-12-27(25)20-29)33(45)30(13-8-18-38-34(36)37)39-32(44)22(2)40(23(3)42)28-16-14-24-9-4-6-11-26(24)19-28/h4-7,9-12,14-17,19-22,30H,8,13,18H2,1-3H3,(H2,35,43)(H,39,44)(H4,36,37,38)/t21-,22+,30-/m0/s1. The third-order valence-electron chi connectivity index (χ3n) is 7.72. The number of aliphatic imine (C=N–C) groups is 1. The number of fused-ring (bicyclic) bond motifs is 2. The number of carbonyl (C=O) groups is 4. The summed E-state index contributed by atoms with van der Waals surface area (Å²) < 4.78 is 0. The number of amides is 4. The highest BCUT2D eigenvalue weighted by Gasteiger charge is 2.34. The molecule has 0 spiro atoms. The van der Waals surface area contributed by atoms with Crippen LogP contribution in [-0.2, 0) is 19.2 Å². The van der Waals surface area contributed by atoms with Crippen LogP contribution in [0.2, 0.25) is 0 Å². The van der Waals surface area contributed by atoms with Crippen LogP contribution >= 0.6 is 0 Å². The largest absolute Gasteiger partial charge is 0.370 e. The van der Waals surface area contributed by atoms with Crippen LogP contribution in [0.25, 0.3) is 21.5 Å². The first-order chi connectivity index (χ1) is 21.5. The lowest BCUT2D eigenvalue weighted by Crippen LogP contribution is -2.57. The Hall–Kier alpha value is -5.45. The number of primary amides is 1. The van der Waals surface area contributed by atoms with Crippen LogP contribution in [0, 0.1) is 0 Å². The quantitative estimate of drug-likeness (QED) is 0.109. The molecule has 45 heavy (non-hydrogen) atoms. The second-order valence-electron chi connectivity index (χ2n) is 10.9. The van der Waals surface area contributed by atoms with Gasteiger partial charge in [-0.1, -0.05) is 60.7 Å². The van der Waals surface area contributed by atoms with E-state index in [0.717, 1.165) is 21.5 Å². The first kappa shape index (κ1) is 32.5. The SMILES string of the molecule is CC(=O)N(c1ccc2ccccc2c1)[C@H](C)C(=O)N[C@@H](CCCN=C(N)N)C(=O)N(c1ccc2ccccc2c1)[C@@H](C)C(N)=O. The van der Waals surface area contributed by atoms with E-state index < -0.39 is 35.8 Å². The molecular weight excluding hydrogens is 570 g/mol. The Morgan fingerprint density at radius 3 is 1.73 bits per heavy atom. The molecule has 4 aromatic carbocycles. The van der Waals surface area contributed by atoms with Crippen molar-refractivity contribution in [2.24, 2.45) is 22.2 Å². The van der Waals surface area contributed by atoms with E-state index in [-0.39, 0.29) is 24.8 Å². The Morgan fingerprint density at radius 2 is 1.24 bits per heavy atom. The van der Waals surface area contributed by atoms with Crippen molar-refractivity contribution >= 4 is 62.5 Å². The van der Waals surface area contributed by atoms with Gasteiger partial charge in [-0.3, -0.25) is 29.1 Å². The van der Waals surface area contributed by atoms with E-state index in [1.807, 2.05) is 66.7 Å². The van der Waals surface area contributed by atoms with Crippen molar-refractivity contribution in [2.75, 3.05) is 16.3 Å². The van der Waals surface area contributed by atoms with Crippen LogP contribution in [0.15, 0.2) is 89.9 Å². The lowest BCUT2D eigenvalue weighted by atomic mass is 10.0. The minimum atomic E-state index is -1.09. The Balaban J connectivity index is 1.67. The summed E-state index contributed by atoms with van der Waals surface area (Å²) in [7, 11) is 0. The predicted molar refractivity (Wildman–Crippen MR) is 179 cm³/mol. The van der Waals surface area contributed by atoms with Gasteiger partial charge >= 0.3 is 0 Å². The van der Waals surface area contributed by atoms with Gasteiger partial charge in [0.2, 0.25) is 23.6 Å². The van der Waals surface area contributed by atoms with E-state index in [2.05, 4.69) is 10.3 Å². The maximum absolute atomic E-state index is 14.3. The smallest absolute Gasteiger partial charge is 0.250 e. The summed E-state index contributed by atoms with van der Waals surface area (Å²) in [4.78, 5) is 60.0. The highest BCUT2D eigenvalue weighted by molar-refractivity contribution is 6.07. The predicted octanol–water partition coefficient (Wildman–Crippen LogP) is 3.18. The first-order valence-electron chi connectivity index (χ1n) is 14.7. The van der Waals surface area contributed by atoms with Gasteiger partial charge in [0, 0.05) is 24.8 Å². The van der Waals surface area contributed by atoms with Gasteiger partial charge in [-0.2, -0.15) is 0 Å². The highest BCUT2D eigenvalue weighted by Crippen LogP contribution is 2.27. The summed E-state index contributed by atoms with van der Waals surface area (Å²) in [5, 5.41) is 6.56. The average molecular weight is 610 g/mol. The number of nitrogens with zero attached hydrogens (tertiary/aromatic N) is 3. The van der Waals surface area contributed by atoms with E-state index >= 15 is 0 Å². The molecule has 4 rings (SSSR count). The highest BCUT2D eigenvalue weighted by atomic mass is 16.2. The number of rotatable bonds is 12. The molecule has 0 radical (unpaired) electrons. The van der Waals surface area contributed by atoms with E-state index in [4.69, 9.17) is 17.2 Å². The van der Waals surface area contributed by atoms with Crippen LogP contribution in [0.5, 0.6) is 0 Å². The summed E-state index contributed by atoms with van der Waals surface area (Å²) in [6.07, 6.45) is 0.500. The van der Waals surface area contributed by atoms with Crippen molar-refractivity contribution in [1.29, 1.82) is 0 Å². The topological polar surface area (TPSA) is 177 Å². The van der Waals surface area contributed by atoms with Crippen LogP contribution in [0.4, 0.5) is 11.4 Å². The van der Waals surface area contributed by atoms with Crippen molar-refractivity contribution in [2.45, 2.75) is 51.7 Å². The minimum Gasteiger partial charge on any atom is -0.370 e. The second kappa shape index (κ2) is 14.3. The van der Waals surface area contributed by atoms with Gasteiger partial charge in [-0.05, 0) is 72.5 Å². The fourth-order valence-electron chi connectivity index (χ4n) is 5.34. The third kappa shape index (κ3) is 7.74. The summed E-state index contributed by atoms with van der Waals surface area (Å²) >= 11 is 0. The van der Waals surface area contributed by atoms with Gasteiger partial charge in [0.25, 0.3) is 0 Å². The molecule has 7 N–H and O–H groups in total. The number of nitrogens with one attached hydrogen (secondary N) is 1. The van der Waals surface area contributed by atoms with E-state index in [1.54, 1.807) is 25.1 Å². The van der Waals surface area contributed by atoms with Crippen molar-refractivity contribution in [3.8, 4) is 0 Å². The molecule has 0 fully saturated rings. The minimum absolute atomic E-state index is 0.0943. The third-order valence-corrected chi connectivity index (χ3v) is 7.72. The Morgan fingerprint density at radius 1 is 0.733 bits per heavy atom. The molecule has 0 unspecified atom stereocenters. The van der Waals surface area contributed by atoms with Gasteiger partial charge in [0.05, 0.1) is 0 Å². The lowest BCUT2D eigenvalue weighted by Gasteiger charge is -2.33. The number of nitrogens with two attached hydrogens (primary N) is 3. The fourth-order valence-corrected chi connectivity index (χ4v) is 5.34. The van der Waals surface area contributed by atoms with Gasteiger partial charge in [0.1, 0.15) is 18.1 Å². The second-order valence-corrected chi connectivity index (χ2v) is 10.9. The van der Waals surface area contributed by atoms with Crippen LogP contribution in [0.3, 0.4) is 0 Å².